The third kappa shape index (κ3) is 4.50. The van der Waals surface area contributed by atoms with Gasteiger partial charge in [0.25, 0.3) is 0 Å². The first-order valence-corrected chi connectivity index (χ1v) is 11.6. The van der Waals surface area contributed by atoms with Crippen molar-refractivity contribution in [3.63, 3.8) is 0 Å². The summed E-state index contributed by atoms with van der Waals surface area (Å²) < 4.78 is 5.77. The molecule has 1 aliphatic carbocycles. The molecule has 4 rings (SSSR count). The van der Waals surface area contributed by atoms with Gasteiger partial charge in [-0.25, -0.2) is 4.79 Å². The van der Waals surface area contributed by atoms with Gasteiger partial charge in [0.1, 0.15) is 5.75 Å². The molecule has 0 amide bonds. The Morgan fingerprint density at radius 3 is 2.76 bits per heavy atom. The van der Waals surface area contributed by atoms with Crippen LogP contribution < -0.4 is 4.74 Å². The lowest BCUT2D eigenvalue weighted by Crippen LogP contribution is -2.53. The summed E-state index contributed by atoms with van der Waals surface area (Å²) in [4.78, 5) is 17.2. The summed E-state index contributed by atoms with van der Waals surface area (Å²) >= 11 is 0. The number of aliphatic carboxylic acids is 1. The molecular formula is C27H34N2O4. The Morgan fingerprint density at radius 2 is 2.12 bits per heavy atom. The van der Waals surface area contributed by atoms with Gasteiger partial charge < -0.3 is 19.9 Å². The summed E-state index contributed by atoms with van der Waals surface area (Å²) in [6.07, 6.45) is 10.4. The standard InChI is InChI=1S/C27H34N2O4/c1-5-19(26(31)32)7-6-17(2)23-15-27(13-20(30)14-27)9-11-29(23)16-22-21-8-10-28-25(21)18(3)12-24(22)33-4/h5-8,10,12,20,23,28,30H,1,9,11,13-16H2,2-4H3,(H,31,32)/b17-6+,19-7+. The number of benzene rings is 1. The van der Waals surface area contributed by atoms with Gasteiger partial charge in [-0.15, -0.1) is 0 Å². The number of nitrogens with zero attached hydrogens (tertiary/aromatic N) is 1. The molecule has 6 nitrogen and oxygen atoms in total. The average Bonchev–Trinajstić information content (AvgIpc) is 3.26. The summed E-state index contributed by atoms with van der Waals surface area (Å²) in [5, 5.41) is 20.5. The van der Waals surface area contributed by atoms with Gasteiger partial charge in [0, 0.05) is 35.2 Å². The van der Waals surface area contributed by atoms with Crippen molar-refractivity contribution in [3.8, 4) is 5.75 Å². The quantitative estimate of drug-likeness (QED) is 0.419. The molecule has 1 aromatic heterocycles. The minimum absolute atomic E-state index is 0.155. The zero-order valence-corrected chi connectivity index (χ0v) is 19.7. The second-order valence-electron chi connectivity index (χ2n) is 9.69. The van der Waals surface area contributed by atoms with Crippen LogP contribution in [0.3, 0.4) is 0 Å². The van der Waals surface area contributed by atoms with Crippen molar-refractivity contribution in [1.82, 2.24) is 9.88 Å². The Balaban J connectivity index is 1.68. The summed E-state index contributed by atoms with van der Waals surface area (Å²) in [5.41, 5.74) is 4.92. The minimum atomic E-state index is -0.979. The Kier molecular flexibility index (Phi) is 6.50. The fourth-order valence-corrected chi connectivity index (χ4v) is 5.67. The van der Waals surface area contributed by atoms with Crippen LogP contribution in [0.15, 0.2) is 54.3 Å². The lowest BCUT2D eigenvalue weighted by Gasteiger charge is -2.54. The van der Waals surface area contributed by atoms with Crippen molar-refractivity contribution in [2.24, 2.45) is 5.41 Å². The molecule has 1 saturated heterocycles. The largest absolute Gasteiger partial charge is 0.496 e. The van der Waals surface area contributed by atoms with Crippen LogP contribution in [0.2, 0.25) is 0 Å². The van der Waals surface area contributed by atoms with E-state index in [0.717, 1.165) is 66.7 Å². The van der Waals surface area contributed by atoms with Crippen molar-refractivity contribution in [2.45, 2.75) is 58.2 Å². The van der Waals surface area contributed by atoms with Gasteiger partial charge >= 0.3 is 5.97 Å². The second kappa shape index (κ2) is 9.20. The third-order valence-corrected chi connectivity index (χ3v) is 7.54. The molecule has 6 heteroatoms. The number of nitrogens with one attached hydrogen (secondary N) is 1. The maximum Gasteiger partial charge on any atom is 0.335 e. The van der Waals surface area contributed by atoms with Gasteiger partial charge in [0.15, 0.2) is 0 Å². The molecule has 2 aliphatic rings. The molecule has 3 N–H and O–H groups in total. The highest BCUT2D eigenvalue weighted by Crippen LogP contribution is 2.52. The zero-order valence-electron chi connectivity index (χ0n) is 19.7. The number of aromatic amines is 1. The van der Waals surface area contributed by atoms with Crippen molar-refractivity contribution < 1.29 is 19.7 Å². The molecule has 1 spiro atoms. The minimum Gasteiger partial charge on any atom is -0.496 e. The number of rotatable bonds is 7. The van der Waals surface area contributed by atoms with Crippen LogP contribution in [0.4, 0.5) is 0 Å². The number of aryl methyl sites for hydroxylation is 1. The van der Waals surface area contributed by atoms with Gasteiger partial charge in [0.2, 0.25) is 0 Å². The van der Waals surface area contributed by atoms with Gasteiger partial charge in [-0.05, 0) is 75.3 Å². The number of methoxy groups -OCH3 is 1. The Hall–Kier alpha value is -2.83. The zero-order chi connectivity index (χ0) is 23.8. The molecule has 1 aromatic carbocycles. The van der Waals surface area contributed by atoms with E-state index in [1.807, 2.05) is 12.3 Å². The van der Waals surface area contributed by atoms with Crippen molar-refractivity contribution in [3.05, 3.63) is 65.4 Å². The van der Waals surface area contributed by atoms with Crippen molar-refractivity contribution in [1.29, 1.82) is 0 Å². The Labute approximate surface area is 195 Å². The number of aliphatic hydroxyl groups is 1. The summed E-state index contributed by atoms with van der Waals surface area (Å²) in [7, 11) is 1.72. The number of carboxylic acid groups (broad SMARTS) is 1. The highest BCUT2D eigenvalue weighted by Gasteiger charge is 2.48. The summed E-state index contributed by atoms with van der Waals surface area (Å²) in [6.45, 7) is 9.43. The van der Waals surface area contributed by atoms with E-state index in [9.17, 15) is 15.0 Å². The number of H-pyrrole nitrogens is 1. The predicted molar refractivity (Wildman–Crippen MR) is 130 cm³/mol. The highest BCUT2D eigenvalue weighted by molar-refractivity contribution is 5.90. The van der Waals surface area contributed by atoms with E-state index >= 15 is 0 Å². The van der Waals surface area contributed by atoms with Crippen molar-refractivity contribution in [2.75, 3.05) is 13.7 Å². The van der Waals surface area contributed by atoms with Gasteiger partial charge in [-0.1, -0.05) is 24.3 Å². The average molecular weight is 451 g/mol. The van der Waals surface area contributed by atoms with Crippen LogP contribution in [-0.2, 0) is 11.3 Å². The summed E-state index contributed by atoms with van der Waals surface area (Å²) in [5.74, 6) is -0.0913. The number of allylic oxidation sites excluding steroid dienone is 2. The summed E-state index contributed by atoms with van der Waals surface area (Å²) in [6, 6.07) is 4.35. The monoisotopic (exact) mass is 450 g/mol. The number of piperidine rings is 1. The second-order valence-corrected chi connectivity index (χ2v) is 9.69. The predicted octanol–water partition coefficient (Wildman–Crippen LogP) is 4.73. The number of likely N-dealkylation sites (tertiary alicyclic amines) is 1. The van der Waals surface area contributed by atoms with E-state index in [-0.39, 0.29) is 23.1 Å². The molecule has 2 aromatic rings. The van der Waals surface area contributed by atoms with Crippen LogP contribution >= 0.6 is 0 Å². The van der Waals surface area contributed by atoms with Gasteiger partial charge in [-0.2, -0.15) is 0 Å². The molecule has 2 heterocycles. The number of aliphatic hydroxyl groups excluding tert-OH is 1. The molecule has 0 radical (unpaired) electrons. The number of fused-ring (bicyclic) bond motifs is 1. The number of carbonyl (C=O) groups is 1. The van der Waals surface area contributed by atoms with E-state index in [1.165, 1.54) is 11.5 Å². The Morgan fingerprint density at radius 1 is 1.36 bits per heavy atom. The normalized spacial score (nSPS) is 26.4. The lowest BCUT2D eigenvalue weighted by atomic mass is 9.59. The number of hydrogen-bond acceptors (Lipinski definition) is 4. The topological polar surface area (TPSA) is 85.8 Å². The van der Waals surface area contributed by atoms with Crippen LogP contribution in [-0.4, -0.2) is 51.9 Å². The SMILES string of the molecule is C=C/C(=C\C=C(/C)C1CC2(CCN1Cc1c(OC)cc(C)c3[nH]ccc13)CC(O)C2)C(=O)O. The molecule has 1 aliphatic heterocycles. The van der Waals surface area contributed by atoms with Crippen LogP contribution in [0.5, 0.6) is 5.75 Å². The van der Waals surface area contributed by atoms with E-state index in [0.29, 0.717) is 0 Å². The lowest BCUT2D eigenvalue weighted by molar-refractivity contribution is -0.132. The molecule has 2 fully saturated rings. The molecule has 176 valence electrons. The molecule has 1 saturated carbocycles. The van der Waals surface area contributed by atoms with E-state index in [1.54, 1.807) is 13.2 Å². The van der Waals surface area contributed by atoms with Crippen LogP contribution in [0.1, 0.15) is 43.7 Å². The maximum atomic E-state index is 11.4. The molecule has 0 bridgehead atoms. The first kappa shape index (κ1) is 23.3. The fraction of sp³-hybridized carbons (Fsp3) is 0.444. The van der Waals surface area contributed by atoms with Gasteiger partial charge in [0.05, 0.1) is 18.8 Å². The Bertz CT molecular complexity index is 1120. The fourth-order valence-electron chi connectivity index (χ4n) is 5.67. The maximum absolute atomic E-state index is 11.4. The third-order valence-electron chi connectivity index (χ3n) is 7.54. The molecule has 1 atom stereocenters. The van der Waals surface area contributed by atoms with Crippen LogP contribution in [0.25, 0.3) is 10.9 Å². The highest BCUT2D eigenvalue weighted by atomic mass is 16.5. The first-order chi connectivity index (χ1) is 15.8. The molecule has 1 unspecified atom stereocenters. The van der Waals surface area contributed by atoms with Crippen LogP contribution in [0, 0.1) is 12.3 Å². The number of ether oxygens (including phenoxy) is 1. The van der Waals surface area contributed by atoms with Gasteiger partial charge in [-0.3, -0.25) is 4.90 Å². The van der Waals surface area contributed by atoms with E-state index in [2.05, 4.69) is 42.4 Å². The molecular weight excluding hydrogens is 416 g/mol. The first-order valence-electron chi connectivity index (χ1n) is 11.6. The number of carboxylic acids is 1. The van der Waals surface area contributed by atoms with E-state index in [4.69, 9.17) is 4.74 Å². The smallest absolute Gasteiger partial charge is 0.335 e. The number of aromatic nitrogens is 1. The van der Waals surface area contributed by atoms with Crippen molar-refractivity contribution >= 4 is 16.9 Å². The number of hydrogen-bond donors (Lipinski definition) is 3. The molecule has 33 heavy (non-hydrogen) atoms. The van der Waals surface area contributed by atoms with E-state index < -0.39 is 5.97 Å².